The van der Waals surface area contributed by atoms with Gasteiger partial charge in [-0.2, -0.15) is 5.10 Å². The average molecular weight is 251 g/mol. The SMILES string of the molecule is COC(=O)C(CN)(Cc1cnn(C)c1)CC1CC1. The van der Waals surface area contributed by atoms with Crippen molar-refractivity contribution in [1.82, 2.24) is 9.78 Å². The highest BCUT2D eigenvalue weighted by Gasteiger charge is 2.43. The van der Waals surface area contributed by atoms with Crippen LogP contribution in [0.4, 0.5) is 0 Å². The maximum absolute atomic E-state index is 12.1. The second-order valence-electron chi connectivity index (χ2n) is 5.32. The third-order valence-electron chi connectivity index (χ3n) is 3.69. The summed E-state index contributed by atoms with van der Waals surface area (Å²) in [5.74, 6) is 0.435. The van der Waals surface area contributed by atoms with Crippen LogP contribution >= 0.6 is 0 Å². The zero-order valence-corrected chi connectivity index (χ0v) is 11.1. The molecule has 18 heavy (non-hydrogen) atoms. The fourth-order valence-electron chi connectivity index (χ4n) is 2.51. The molecule has 1 saturated carbocycles. The lowest BCUT2D eigenvalue weighted by Gasteiger charge is -2.29. The summed E-state index contributed by atoms with van der Waals surface area (Å²) in [6.07, 6.45) is 7.56. The molecule has 1 heterocycles. The first-order chi connectivity index (χ1) is 8.59. The van der Waals surface area contributed by atoms with Crippen molar-refractivity contribution in [3.63, 3.8) is 0 Å². The Bertz CT molecular complexity index is 426. The Morgan fingerprint density at radius 1 is 1.67 bits per heavy atom. The molecule has 1 aliphatic carbocycles. The highest BCUT2D eigenvalue weighted by Crippen LogP contribution is 2.42. The van der Waals surface area contributed by atoms with Gasteiger partial charge in [-0.25, -0.2) is 0 Å². The van der Waals surface area contributed by atoms with Crippen molar-refractivity contribution in [3.05, 3.63) is 18.0 Å². The molecule has 100 valence electrons. The van der Waals surface area contributed by atoms with Gasteiger partial charge in [0.15, 0.2) is 0 Å². The Balaban J connectivity index is 2.18. The van der Waals surface area contributed by atoms with Gasteiger partial charge < -0.3 is 10.5 Å². The molecule has 0 radical (unpaired) electrons. The third kappa shape index (κ3) is 2.72. The summed E-state index contributed by atoms with van der Waals surface area (Å²) >= 11 is 0. The van der Waals surface area contributed by atoms with Gasteiger partial charge in [0.2, 0.25) is 0 Å². The number of hydrogen-bond donors (Lipinski definition) is 1. The highest BCUT2D eigenvalue weighted by atomic mass is 16.5. The first-order valence-corrected chi connectivity index (χ1v) is 6.35. The normalized spacial score (nSPS) is 18.4. The van der Waals surface area contributed by atoms with E-state index < -0.39 is 5.41 Å². The summed E-state index contributed by atoms with van der Waals surface area (Å²) in [6, 6.07) is 0. The summed E-state index contributed by atoms with van der Waals surface area (Å²) in [4.78, 5) is 12.1. The number of carbonyl (C=O) groups is 1. The fourth-order valence-corrected chi connectivity index (χ4v) is 2.51. The van der Waals surface area contributed by atoms with Gasteiger partial charge in [-0.05, 0) is 24.3 Å². The molecule has 1 fully saturated rings. The fraction of sp³-hybridized carbons (Fsp3) is 0.692. The molecule has 0 saturated heterocycles. The molecule has 0 aromatic carbocycles. The van der Waals surface area contributed by atoms with Gasteiger partial charge in [-0.15, -0.1) is 0 Å². The maximum Gasteiger partial charge on any atom is 0.313 e. The predicted molar refractivity (Wildman–Crippen MR) is 67.8 cm³/mol. The van der Waals surface area contributed by atoms with E-state index in [0.29, 0.717) is 18.9 Å². The van der Waals surface area contributed by atoms with Crippen LogP contribution in [0.15, 0.2) is 12.4 Å². The number of aryl methyl sites for hydroxylation is 1. The molecule has 2 N–H and O–H groups in total. The van der Waals surface area contributed by atoms with Gasteiger partial charge >= 0.3 is 5.97 Å². The third-order valence-corrected chi connectivity index (χ3v) is 3.69. The second kappa shape index (κ2) is 5.10. The Kier molecular flexibility index (Phi) is 3.71. The van der Waals surface area contributed by atoms with Crippen LogP contribution in [-0.4, -0.2) is 29.4 Å². The van der Waals surface area contributed by atoms with Crippen LogP contribution in [0.1, 0.15) is 24.8 Å². The summed E-state index contributed by atoms with van der Waals surface area (Å²) in [5, 5.41) is 4.14. The molecule has 0 spiro atoms. The summed E-state index contributed by atoms with van der Waals surface area (Å²) < 4.78 is 6.71. The number of nitrogens with zero attached hydrogens (tertiary/aromatic N) is 2. The van der Waals surface area contributed by atoms with E-state index in [-0.39, 0.29) is 5.97 Å². The molecule has 1 aromatic heterocycles. The molecule has 5 heteroatoms. The van der Waals surface area contributed by atoms with E-state index in [4.69, 9.17) is 10.5 Å². The Morgan fingerprint density at radius 2 is 2.39 bits per heavy atom. The van der Waals surface area contributed by atoms with Crippen LogP contribution < -0.4 is 5.73 Å². The molecule has 0 amide bonds. The largest absolute Gasteiger partial charge is 0.469 e. The van der Waals surface area contributed by atoms with Crippen LogP contribution in [0.2, 0.25) is 0 Å². The Hall–Kier alpha value is -1.36. The second-order valence-corrected chi connectivity index (χ2v) is 5.32. The maximum atomic E-state index is 12.1. The van der Waals surface area contributed by atoms with E-state index in [0.717, 1.165) is 12.0 Å². The molecule has 1 aromatic rings. The smallest absolute Gasteiger partial charge is 0.313 e. The van der Waals surface area contributed by atoms with Gasteiger partial charge in [0, 0.05) is 19.8 Å². The number of rotatable bonds is 6. The van der Waals surface area contributed by atoms with Crippen LogP contribution in [-0.2, 0) is 23.0 Å². The zero-order chi connectivity index (χ0) is 13.2. The number of methoxy groups -OCH3 is 1. The van der Waals surface area contributed by atoms with Crippen molar-refractivity contribution in [1.29, 1.82) is 0 Å². The standard InChI is InChI=1S/C13H21N3O2/c1-16-8-11(7-15-16)6-13(9-14,12(17)18-2)5-10-3-4-10/h7-8,10H,3-6,9,14H2,1-2H3. The van der Waals surface area contributed by atoms with E-state index >= 15 is 0 Å². The van der Waals surface area contributed by atoms with Crippen LogP contribution in [0.3, 0.4) is 0 Å². The van der Waals surface area contributed by atoms with E-state index in [1.165, 1.54) is 20.0 Å². The first kappa shape index (κ1) is 13.1. The monoisotopic (exact) mass is 251 g/mol. The Labute approximate surface area is 107 Å². The van der Waals surface area contributed by atoms with Crippen LogP contribution in [0, 0.1) is 11.3 Å². The van der Waals surface area contributed by atoms with Gasteiger partial charge in [0.05, 0.1) is 18.7 Å². The molecular formula is C13H21N3O2. The summed E-state index contributed by atoms with van der Waals surface area (Å²) in [6.45, 7) is 0.324. The lowest BCUT2D eigenvalue weighted by Crippen LogP contribution is -2.42. The van der Waals surface area contributed by atoms with Gasteiger partial charge in [-0.3, -0.25) is 9.48 Å². The minimum Gasteiger partial charge on any atom is -0.469 e. The quantitative estimate of drug-likeness (QED) is 0.762. The predicted octanol–water partition coefficient (Wildman–Crippen LogP) is 0.881. The van der Waals surface area contributed by atoms with Gasteiger partial charge in [0.1, 0.15) is 0 Å². The number of esters is 1. The van der Waals surface area contributed by atoms with Crippen molar-refractivity contribution in [3.8, 4) is 0 Å². The molecule has 1 atom stereocenters. The number of ether oxygens (including phenoxy) is 1. The van der Waals surface area contributed by atoms with Crippen molar-refractivity contribution in [2.45, 2.75) is 25.7 Å². The number of nitrogens with two attached hydrogens (primary N) is 1. The minimum absolute atomic E-state index is 0.194. The van der Waals surface area contributed by atoms with Gasteiger partial charge in [0.25, 0.3) is 0 Å². The number of carbonyl (C=O) groups excluding carboxylic acids is 1. The first-order valence-electron chi connectivity index (χ1n) is 6.35. The van der Waals surface area contributed by atoms with Crippen molar-refractivity contribution in [2.24, 2.45) is 24.1 Å². The molecule has 1 unspecified atom stereocenters. The summed E-state index contributed by atoms with van der Waals surface area (Å²) in [5.41, 5.74) is 6.34. The molecule has 2 rings (SSSR count). The average Bonchev–Trinajstić information content (AvgIpc) is 3.09. The summed E-state index contributed by atoms with van der Waals surface area (Å²) in [7, 11) is 3.30. The van der Waals surface area contributed by atoms with Crippen molar-refractivity contribution in [2.75, 3.05) is 13.7 Å². The van der Waals surface area contributed by atoms with Crippen molar-refractivity contribution < 1.29 is 9.53 Å². The van der Waals surface area contributed by atoms with Crippen LogP contribution in [0.25, 0.3) is 0 Å². The highest BCUT2D eigenvalue weighted by molar-refractivity contribution is 5.77. The molecule has 1 aliphatic rings. The topological polar surface area (TPSA) is 70.1 Å². The van der Waals surface area contributed by atoms with Crippen molar-refractivity contribution >= 4 is 5.97 Å². The molecule has 0 aliphatic heterocycles. The minimum atomic E-state index is -0.584. The van der Waals surface area contributed by atoms with E-state index in [1.54, 1.807) is 10.9 Å². The lowest BCUT2D eigenvalue weighted by molar-refractivity contribution is -0.153. The lowest BCUT2D eigenvalue weighted by atomic mass is 9.77. The molecular weight excluding hydrogens is 230 g/mol. The van der Waals surface area contributed by atoms with E-state index in [9.17, 15) is 4.79 Å². The van der Waals surface area contributed by atoms with E-state index in [2.05, 4.69) is 5.10 Å². The van der Waals surface area contributed by atoms with Gasteiger partial charge in [-0.1, -0.05) is 12.8 Å². The zero-order valence-electron chi connectivity index (χ0n) is 11.1. The molecule has 0 bridgehead atoms. The van der Waals surface area contributed by atoms with Crippen LogP contribution in [0.5, 0.6) is 0 Å². The van der Waals surface area contributed by atoms with E-state index in [1.807, 2.05) is 13.2 Å². The number of aromatic nitrogens is 2. The molecule has 5 nitrogen and oxygen atoms in total. The Morgan fingerprint density at radius 3 is 2.83 bits per heavy atom. The number of hydrogen-bond acceptors (Lipinski definition) is 4.